The van der Waals surface area contributed by atoms with Crippen LogP contribution in [0.1, 0.15) is 0 Å². The molecule has 1 N–H and O–H groups in total. The molecule has 1 aliphatic heterocycles. The number of fused-ring (bicyclic) bond motifs is 1. The average Bonchev–Trinajstić information content (AvgIpc) is 2.86. The molecule has 1 fully saturated rings. The standard InChI is InChI=1S/C13H18N4O4S/c1-15(2)22(19,20)17-7-5-16(6-8-17)10-3-4-12-11(9-10)14-13(18)21-12/h3-4,9H,5-8H2,1-2H3,(H,14,18). The van der Waals surface area contributed by atoms with Crippen LogP contribution in [-0.2, 0) is 10.2 Å². The highest BCUT2D eigenvalue weighted by Crippen LogP contribution is 2.22. The minimum atomic E-state index is -3.36. The molecule has 1 aliphatic rings. The number of aromatic nitrogens is 1. The number of H-pyrrole nitrogens is 1. The van der Waals surface area contributed by atoms with Gasteiger partial charge in [0.15, 0.2) is 5.58 Å². The number of benzene rings is 1. The number of nitrogens with one attached hydrogen (secondary N) is 1. The van der Waals surface area contributed by atoms with E-state index in [0.717, 1.165) is 5.69 Å². The summed E-state index contributed by atoms with van der Waals surface area (Å²) in [7, 11) is -0.294. The molecule has 8 nitrogen and oxygen atoms in total. The van der Waals surface area contributed by atoms with Crippen molar-refractivity contribution in [2.75, 3.05) is 45.2 Å². The predicted octanol–water partition coefficient (Wildman–Crippen LogP) is 0.0495. The van der Waals surface area contributed by atoms with Gasteiger partial charge >= 0.3 is 5.76 Å². The van der Waals surface area contributed by atoms with Gasteiger partial charge in [0.2, 0.25) is 0 Å². The Bertz CT molecular complexity index is 831. The first-order valence-electron chi connectivity index (χ1n) is 6.93. The number of piperazine rings is 1. The molecule has 0 aliphatic carbocycles. The molecule has 9 heteroatoms. The Hall–Kier alpha value is -1.84. The van der Waals surface area contributed by atoms with Crippen LogP contribution in [0.2, 0.25) is 0 Å². The molecule has 120 valence electrons. The third kappa shape index (κ3) is 2.62. The first-order valence-corrected chi connectivity index (χ1v) is 8.33. The first kappa shape index (κ1) is 15.1. The number of nitrogens with zero attached hydrogens (tertiary/aromatic N) is 3. The molecule has 1 aromatic heterocycles. The lowest BCUT2D eigenvalue weighted by Crippen LogP contribution is -2.51. The first-order chi connectivity index (χ1) is 10.4. The quantitative estimate of drug-likeness (QED) is 0.861. The van der Waals surface area contributed by atoms with E-state index in [1.807, 2.05) is 12.1 Å². The lowest BCUT2D eigenvalue weighted by atomic mass is 10.2. The maximum absolute atomic E-state index is 12.1. The van der Waals surface area contributed by atoms with Crippen molar-refractivity contribution >= 4 is 27.0 Å². The van der Waals surface area contributed by atoms with Crippen LogP contribution in [0.25, 0.3) is 11.1 Å². The van der Waals surface area contributed by atoms with Crippen LogP contribution < -0.4 is 10.7 Å². The Morgan fingerprint density at radius 3 is 2.50 bits per heavy atom. The summed E-state index contributed by atoms with van der Waals surface area (Å²) in [4.78, 5) is 15.9. The monoisotopic (exact) mass is 326 g/mol. The summed E-state index contributed by atoms with van der Waals surface area (Å²) >= 11 is 0. The van der Waals surface area contributed by atoms with Crippen LogP contribution >= 0.6 is 0 Å². The number of hydrogen-bond acceptors (Lipinski definition) is 5. The molecule has 0 amide bonds. The molecule has 0 atom stereocenters. The molecule has 0 unspecified atom stereocenters. The summed E-state index contributed by atoms with van der Waals surface area (Å²) < 4.78 is 31.9. The second-order valence-corrected chi connectivity index (χ2v) is 7.51. The molecule has 2 heterocycles. The van der Waals surface area contributed by atoms with Gasteiger partial charge in [-0.15, -0.1) is 0 Å². The van der Waals surface area contributed by atoms with Gasteiger partial charge < -0.3 is 9.32 Å². The zero-order chi connectivity index (χ0) is 15.9. The van der Waals surface area contributed by atoms with Crippen LogP contribution in [0.15, 0.2) is 27.4 Å². The minimum Gasteiger partial charge on any atom is -0.408 e. The molecule has 3 rings (SSSR count). The minimum absolute atomic E-state index is 0.431. The van der Waals surface area contributed by atoms with Crippen molar-refractivity contribution in [3.8, 4) is 0 Å². The number of oxazole rings is 1. The summed E-state index contributed by atoms with van der Waals surface area (Å²) in [6.45, 7) is 2.06. The van der Waals surface area contributed by atoms with Gasteiger partial charge in [0.25, 0.3) is 10.2 Å². The summed E-state index contributed by atoms with van der Waals surface area (Å²) in [6, 6.07) is 5.46. The van der Waals surface area contributed by atoms with Gasteiger partial charge in [-0.1, -0.05) is 0 Å². The Morgan fingerprint density at radius 1 is 1.18 bits per heavy atom. The van der Waals surface area contributed by atoms with E-state index in [1.54, 1.807) is 6.07 Å². The molecule has 1 aromatic carbocycles. The van der Waals surface area contributed by atoms with Gasteiger partial charge in [-0.2, -0.15) is 17.0 Å². The average molecular weight is 326 g/mol. The van der Waals surface area contributed by atoms with Crippen LogP contribution in [0.5, 0.6) is 0 Å². The molecule has 0 radical (unpaired) electrons. The van der Waals surface area contributed by atoms with Crippen molar-refractivity contribution in [3.63, 3.8) is 0 Å². The largest absolute Gasteiger partial charge is 0.417 e. The highest BCUT2D eigenvalue weighted by Gasteiger charge is 2.28. The van der Waals surface area contributed by atoms with E-state index in [1.165, 1.54) is 22.7 Å². The third-order valence-electron chi connectivity index (χ3n) is 3.79. The lowest BCUT2D eigenvalue weighted by Gasteiger charge is -2.36. The molecular weight excluding hydrogens is 308 g/mol. The Morgan fingerprint density at radius 2 is 1.86 bits per heavy atom. The number of rotatable bonds is 3. The molecule has 1 saturated heterocycles. The Kier molecular flexibility index (Phi) is 3.71. The molecule has 22 heavy (non-hydrogen) atoms. The van der Waals surface area contributed by atoms with Crippen molar-refractivity contribution in [3.05, 3.63) is 28.7 Å². The summed E-state index contributed by atoms with van der Waals surface area (Å²) in [6.07, 6.45) is 0. The zero-order valence-corrected chi connectivity index (χ0v) is 13.3. The van der Waals surface area contributed by atoms with Crippen molar-refractivity contribution in [1.82, 2.24) is 13.6 Å². The van der Waals surface area contributed by atoms with E-state index in [2.05, 4.69) is 9.88 Å². The van der Waals surface area contributed by atoms with Crippen molar-refractivity contribution in [2.45, 2.75) is 0 Å². The Labute approximate surface area is 128 Å². The van der Waals surface area contributed by atoms with E-state index in [-0.39, 0.29) is 0 Å². The third-order valence-corrected chi connectivity index (χ3v) is 5.73. The van der Waals surface area contributed by atoms with Crippen LogP contribution in [0, 0.1) is 0 Å². The van der Waals surface area contributed by atoms with Crippen molar-refractivity contribution < 1.29 is 12.8 Å². The SMILES string of the molecule is CN(C)S(=O)(=O)N1CCN(c2ccc3oc(=O)[nH]c3c2)CC1. The van der Waals surface area contributed by atoms with E-state index in [9.17, 15) is 13.2 Å². The highest BCUT2D eigenvalue weighted by atomic mass is 32.2. The number of hydrogen-bond donors (Lipinski definition) is 1. The number of aromatic amines is 1. The van der Waals surface area contributed by atoms with E-state index in [4.69, 9.17) is 4.42 Å². The summed E-state index contributed by atoms with van der Waals surface area (Å²) in [5.41, 5.74) is 2.10. The molecule has 0 saturated carbocycles. The fourth-order valence-corrected chi connectivity index (χ4v) is 3.63. The van der Waals surface area contributed by atoms with Gasteiger partial charge in [0.1, 0.15) is 0 Å². The van der Waals surface area contributed by atoms with Gasteiger partial charge in [-0.25, -0.2) is 4.79 Å². The second-order valence-electron chi connectivity index (χ2n) is 5.37. The topological polar surface area (TPSA) is 89.9 Å². The summed E-state index contributed by atoms with van der Waals surface area (Å²) in [5.74, 6) is -0.478. The maximum Gasteiger partial charge on any atom is 0.417 e. The van der Waals surface area contributed by atoms with Crippen molar-refractivity contribution in [1.29, 1.82) is 0 Å². The van der Waals surface area contributed by atoms with Crippen LogP contribution in [-0.4, -0.2) is 62.3 Å². The second kappa shape index (κ2) is 5.41. The van der Waals surface area contributed by atoms with E-state index < -0.39 is 16.0 Å². The van der Waals surface area contributed by atoms with Crippen LogP contribution in [0.4, 0.5) is 5.69 Å². The molecule has 2 aromatic rings. The van der Waals surface area contributed by atoms with Crippen LogP contribution in [0.3, 0.4) is 0 Å². The fraction of sp³-hybridized carbons (Fsp3) is 0.462. The lowest BCUT2D eigenvalue weighted by molar-refractivity contribution is 0.355. The number of anilines is 1. The highest BCUT2D eigenvalue weighted by molar-refractivity contribution is 7.86. The zero-order valence-electron chi connectivity index (χ0n) is 12.4. The van der Waals surface area contributed by atoms with Gasteiger partial charge in [-0.3, -0.25) is 4.98 Å². The summed E-state index contributed by atoms with van der Waals surface area (Å²) in [5, 5.41) is 0. The van der Waals surface area contributed by atoms with Gasteiger partial charge in [-0.05, 0) is 18.2 Å². The smallest absolute Gasteiger partial charge is 0.408 e. The molecule has 0 spiro atoms. The Balaban J connectivity index is 1.76. The van der Waals surface area contributed by atoms with Gasteiger partial charge in [0, 0.05) is 46.0 Å². The molecular formula is C13H18N4O4S. The van der Waals surface area contributed by atoms with E-state index >= 15 is 0 Å². The van der Waals surface area contributed by atoms with Gasteiger partial charge in [0.05, 0.1) is 5.52 Å². The maximum atomic E-state index is 12.1. The van der Waals surface area contributed by atoms with Crippen molar-refractivity contribution in [2.24, 2.45) is 0 Å². The fourth-order valence-electron chi connectivity index (χ4n) is 2.54. The molecule has 0 bridgehead atoms. The predicted molar refractivity (Wildman–Crippen MR) is 83.2 cm³/mol. The van der Waals surface area contributed by atoms with E-state index in [0.29, 0.717) is 37.3 Å². The normalized spacial score (nSPS) is 17.5.